The second-order valence-electron chi connectivity index (χ2n) is 6.68. The SMILES string of the molecule is CCc1ccc(N2CC(=O)C(=C3N(C)c4ccccc4N3C)C2=N)cc1. The number of aryl methyl sites for hydroxylation is 1. The van der Waals surface area contributed by atoms with Gasteiger partial charge in [-0.15, -0.1) is 0 Å². The number of nitrogens with zero attached hydrogens (tertiary/aromatic N) is 3. The van der Waals surface area contributed by atoms with Crippen LogP contribution in [0, 0.1) is 5.41 Å². The van der Waals surface area contributed by atoms with Gasteiger partial charge in [-0.2, -0.15) is 0 Å². The van der Waals surface area contributed by atoms with E-state index in [9.17, 15) is 4.79 Å². The molecule has 1 saturated heterocycles. The van der Waals surface area contributed by atoms with Crippen molar-refractivity contribution in [3.63, 3.8) is 0 Å². The molecule has 0 amide bonds. The summed E-state index contributed by atoms with van der Waals surface area (Å²) in [6.45, 7) is 2.32. The molecule has 1 fully saturated rings. The first-order valence-electron chi connectivity index (χ1n) is 8.82. The van der Waals surface area contributed by atoms with Crippen LogP contribution >= 0.6 is 0 Å². The summed E-state index contributed by atoms with van der Waals surface area (Å²) < 4.78 is 0. The summed E-state index contributed by atoms with van der Waals surface area (Å²) in [5.74, 6) is 1.02. The van der Waals surface area contributed by atoms with Crippen LogP contribution in [0.3, 0.4) is 0 Å². The fraction of sp³-hybridized carbons (Fsp3) is 0.238. The van der Waals surface area contributed by atoms with Crippen LogP contribution in [0.4, 0.5) is 17.1 Å². The first-order valence-corrected chi connectivity index (χ1v) is 8.82. The van der Waals surface area contributed by atoms with E-state index in [1.807, 2.05) is 60.3 Å². The third-order valence-electron chi connectivity index (χ3n) is 5.21. The van der Waals surface area contributed by atoms with Crippen molar-refractivity contribution in [2.75, 3.05) is 35.3 Å². The van der Waals surface area contributed by atoms with Gasteiger partial charge in [-0.1, -0.05) is 31.2 Å². The van der Waals surface area contributed by atoms with Gasteiger partial charge in [-0.3, -0.25) is 10.2 Å². The molecule has 2 aromatic rings. The molecule has 2 aromatic carbocycles. The minimum Gasteiger partial charge on any atom is -0.328 e. The molecular formula is C21H22N4O. The number of hydrogen-bond donors (Lipinski definition) is 1. The van der Waals surface area contributed by atoms with Gasteiger partial charge in [0.2, 0.25) is 0 Å². The van der Waals surface area contributed by atoms with Gasteiger partial charge in [0.05, 0.1) is 17.9 Å². The average molecular weight is 346 g/mol. The van der Waals surface area contributed by atoms with Crippen LogP contribution in [0.5, 0.6) is 0 Å². The lowest BCUT2D eigenvalue weighted by Crippen LogP contribution is -2.29. The Morgan fingerprint density at radius 3 is 2.08 bits per heavy atom. The van der Waals surface area contributed by atoms with Gasteiger partial charge in [-0.25, -0.2) is 0 Å². The number of ketones is 1. The minimum absolute atomic E-state index is 0.0175. The second-order valence-corrected chi connectivity index (χ2v) is 6.68. The number of benzene rings is 2. The highest BCUT2D eigenvalue weighted by Crippen LogP contribution is 2.41. The molecule has 132 valence electrons. The average Bonchev–Trinajstić information content (AvgIpc) is 3.09. The van der Waals surface area contributed by atoms with Crippen molar-refractivity contribution in [3.05, 3.63) is 65.5 Å². The molecule has 0 radical (unpaired) electrons. The highest BCUT2D eigenvalue weighted by Gasteiger charge is 2.39. The number of rotatable bonds is 2. The van der Waals surface area contributed by atoms with E-state index in [1.165, 1.54) is 5.56 Å². The zero-order valence-corrected chi connectivity index (χ0v) is 15.3. The molecule has 2 aliphatic heterocycles. The van der Waals surface area contributed by atoms with Gasteiger partial charge < -0.3 is 14.7 Å². The number of fused-ring (bicyclic) bond motifs is 1. The Morgan fingerprint density at radius 1 is 0.962 bits per heavy atom. The largest absolute Gasteiger partial charge is 0.328 e. The Hall–Kier alpha value is -3.08. The topological polar surface area (TPSA) is 50.6 Å². The molecule has 4 rings (SSSR count). The zero-order valence-electron chi connectivity index (χ0n) is 15.3. The number of hydrogen-bond acceptors (Lipinski definition) is 4. The molecule has 5 heteroatoms. The zero-order chi connectivity index (χ0) is 18.4. The van der Waals surface area contributed by atoms with E-state index in [0.29, 0.717) is 5.57 Å². The van der Waals surface area contributed by atoms with Crippen molar-refractivity contribution in [3.8, 4) is 0 Å². The number of nitrogens with one attached hydrogen (secondary N) is 1. The fourth-order valence-corrected chi connectivity index (χ4v) is 3.75. The maximum atomic E-state index is 12.8. The predicted octanol–water partition coefficient (Wildman–Crippen LogP) is 3.41. The van der Waals surface area contributed by atoms with Crippen LogP contribution in [0.1, 0.15) is 12.5 Å². The van der Waals surface area contributed by atoms with Gasteiger partial charge in [0, 0.05) is 19.8 Å². The highest BCUT2D eigenvalue weighted by molar-refractivity contribution is 6.34. The quantitative estimate of drug-likeness (QED) is 0.847. The summed E-state index contributed by atoms with van der Waals surface area (Å²) in [5, 5.41) is 8.68. The summed E-state index contributed by atoms with van der Waals surface area (Å²) in [6, 6.07) is 16.1. The third-order valence-corrected chi connectivity index (χ3v) is 5.21. The molecule has 0 saturated carbocycles. The summed E-state index contributed by atoms with van der Waals surface area (Å²) in [5.41, 5.74) is 4.70. The maximum Gasteiger partial charge on any atom is 0.189 e. The van der Waals surface area contributed by atoms with E-state index >= 15 is 0 Å². The normalized spacial score (nSPS) is 16.8. The molecule has 1 N–H and O–H groups in total. The van der Waals surface area contributed by atoms with Crippen LogP contribution < -0.4 is 14.7 Å². The van der Waals surface area contributed by atoms with Gasteiger partial charge in [0.1, 0.15) is 17.2 Å². The molecule has 2 aliphatic rings. The summed E-state index contributed by atoms with van der Waals surface area (Å²) >= 11 is 0. The van der Waals surface area contributed by atoms with Crippen molar-refractivity contribution >= 4 is 28.7 Å². The fourth-order valence-electron chi connectivity index (χ4n) is 3.75. The molecule has 0 aliphatic carbocycles. The van der Waals surface area contributed by atoms with Crippen molar-refractivity contribution in [1.29, 1.82) is 5.41 Å². The van der Waals surface area contributed by atoms with Crippen LogP contribution in [0.2, 0.25) is 0 Å². The van der Waals surface area contributed by atoms with E-state index in [0.717, 1.165) is 29.3 Å². The maximum absolute atomic E-state index is 12.8. The van der Waals surface area contributed by atoms with Crippen molar-refractivity contribution < 1.29 is 4.79 Å². The Balaban J connectivity index is 1.75. The summed E-state index contributed by atoms with van der Waals surface area (Å²) in [7, 11) is 3.90. The van der Waals surface area contributed by atoms with Gasteiger partial charge in [0.15, 0.2) is 5.78 Å². The Bertz CT molecular complexity index is 898. The lowest BCUT2D eigenvalue weighted by molar-refractivity contribution is -0.113. The molecular weight excluding hydrogens is 324 g/mol. The van der Waals surface area contributed by atoms with E-state index in [4.69, 9.17) is 5.41 Å². The summed E-state index contributed by atoms with van der Waals surface area (Å²) in [4.78, 5) is 18.6. The first kappa shape index (κ1) is 16.4. The number of Topliss-reactive ketones (excluding diaryl/α,β-unsaturated/α-hetero) is 1. The van der Waals surface area contributed by atoms with Gasteiger partial charge in [-0.05, 0) is 36.2 Å². The van der Waals surface area contributed by atoms with Crippen molar-refractivity contribution in [2.24, 2.45) is 0 Å². The molecule has 2 heterocycles. The molecule has 0 atom stereocenters. The van der Waals surface area contributed by atoms with Crippen LogP contribution in [0.25, 0.3) is 0 Å². The van der Waals surface area contributed by atoms with Crippen LogP contribution in [-0.4, -0.2) is 32.3 Å². The Morgan fingerprint density at radius 2 is 1.54 bits per heavy atom. The number of carbonyl (C=O) groups is 1. The highest BCUT2D eigenvalue weighted by atomic mass is 16.1. The molecule has 0 unspecified atom stereocenters. The lowest BCUT2D eigenvalue weighted by Gasteiger charge is -2.22. The minimum atomic E-state index is -0.0175. The van der Waals surface area contributed by atoms with E-state index in [-0.39, 0.29) is 18.2 Å². The molecule has 0 aromatic heterocycles. The van der Waals surface area contributed by atoms with E-state index in [1.54, 1.807) is 4.90 Å². The molecule has 5 nitrogen and oxygen atoms in total. The molecule has 0 bridgehead atoms. The standard InChI is InChI=1S/C21H22N4O/c1-4-14-9-11-15(12-10-14)25-13-18(26)19(20(25)22)21-23(2)16-7-5-6-8-17(16)24(21)3/h5-12,22H,4,13H2,1-3H3. The summed E-state index contributed by atoms with van der Waals surface area (Å²) in [6.07, 6.45) is 0.972. The predicted molar refractivity (Wildman–Crippen MR) is 106 cm³/mol. The second kappa shape index (κ2) is 6.02. The van der Waals surface area contributed by atoms with Gasteiger partial charge >= 0.3 is 0 Å². The lowest BCUT2D eigenvalue weighted by atomic mass is 10.1. The number of amidine groups is 1. The van der Waals surface area contributed by atoms with Gasteiger partial charge in [0.25, 0.3) is 0 Å². The van der Waals surface area contributed by atoms with E-state index < -0.39 is 0 Å². The van der Waals surface area contributed by atoms with E-state index in [2.05, 4.69) is 19.1 Å². The number of carbonyl (C=O) groups excluding carboxylic acids is 1. The number of anilines is 3. The van der Waals surface area contributed by atoms with Crippen molar-refractivity contribution in [2.45, 2.75) is 13.3 Å². The van der Waals surface area contributed by atoms with Crippen molar-refractivity contribution in [1.82, 2.24) is 0 Å². The molecule has 0 spiro atoms. The Labute approximate surface area is 153 Å². The smallest absolute Gasteiger partial charge is 0.189 e. The third kappa shape index (κ3) is 2.31. The van der Waals surface area contributed by atoms with Crippen LogP contribution in [-0.2, 0) is 11.2 Å². The first-order chi connectivity index (χ1) is 12.5. The molecule has 26 heavy (non-hydrogen) atoms. The monoisotopic (exact) mass is 346 g/mol. The Kier molecular flexibility index (Phi) is 3.80. The van der Waals surface area contributed by atoms with Crippen LogP contribution in [0.15, 0.2) is 59.9 Å². The number of para-hydroxylation sites is 2.